The Morgan fingerprint density at radius 1 is 1.30 bits per heavy atom. The molecular weight excluding hydrogens is 292 g/mol. The van der Waals surface area contributed by atoms with Gasteiger partial charge in [0.25, 0.3) is 0 Å². The van der Waals surface area contributed by atoms with Crippen molar-refractivity contribution in [3.63, 3.8) is 0 Å². The van der Waals surface area contributed by atoms with Crippen molar-refractivity contribution in [2.45, 2.75) is 18.9 Å². The Morgan fingerprint density at radius 3 is 2.60 bits per heavy atom. The van der Waals surface area contributed by atoms with Crippen molar-refractivity contribution >= 4 is 21.5 Å². The molecule has 0 aromatic heterocycles. The van der Waals surface area contributed by atoms with Crippen molar-refractivity contribution < 1.29 is 27.1 Å². The quantitative estimate of drug-likeness (QED) is 0.887. The average molecular weight is 305 g/mol. The molecule has 1 unspecified atom stereocenters. The van der Waals surface area contributed by atoms with E-state index in [0.717, 1.165) is 12.1 Å². The molecule has 0 spiro atoms. The van der Waals surface area contributed by atoms with Crippen LogP contribution in [0.4, 0.5) is 14.5 Å². The minimum atomic E-state index is -3.17. The number of carboxylic acids is 1. The van der Waals surface area contributed by atoms with E-state index in [1.54, 1.807) is 0 Å². The maximum absolute atomic E-state index is 13.7. The fraction of sp³-hybridized carbons (Fsp3) is 0.417. The van der Waals surface area contributed by atoms with Crippen LogP contribution in [0, 0.1) is 11.6 Å². The number of hydrogen-bond donors (Lipinski definition) is 2. The van der Waals surface area contributed by atoms with Crippen LogP contribution in [0.1, 0.15) is 23.2 Å². The minimum Gasteiger partial charge on any atom is -0.478 e. The van der Waals surface area contributed by atoms with Gasteiger partial charge in [0, 0.05) is 6.04 Å². The molecule has 1 aliphatic rings. The van der Waals surface area contributed by atoms with E-state index in [0.29, 0.717) is 12.8 Å². The molecule has 8 heteroatoms. The van der Waals surface area contributed by atoms with Gasteiger partial charge in [-0.1, -0.05) is 0 Å². The van der Waals surface area contributed by atoms with Crippen LogP contribution in [0.2, 0.25) is 0 Å². The van der Waals surface area contributed by atoms with Crippen molar-refractivity contribution in [2.75, 3.05) is 16.8 Å². The van der Waals surface area contributed by atoms with Gasteiger partial charge in [0.15, 0.2) is 21.5 Å². The maximum Gasteiger partial charge on any atom is 0.338 e. The van der Waals surface area contributed by atoms with Crippen molar-refractivity contribution in [3.05, 3.63) is 29.3 Å². The number of benzene rings is 1. The highest BCUT2D eigenvalue weighted by molar-refractivity contribution is 7.91. The van der Waals surface area contributed by atoms with E-state index in [4.69, 9.17) is 5.11 Å². The molecule has 1 saturated heterocycles. The van der Waals surface area contributed by atoms with Gasteiger partial charge in [0.05, 0.1) is 22.8 Å². The molecule has 0 amide bonds. The Balaban J connectivity index is 2.22. The number of rotatable bonds is 3. The number of anilines is 1. The molecule has 110 valence electrons. The van der Waals surface area contributed by atoms with Gasteiger partial charge in [0.2, 0.25) is 0 Å². The molecule has 2 N–H and O–H groups in total. The summed E-state index contributed by atoms with van der Waals surface area (Å²) in [5.74, 6) is -4.38. The summed E-state index contributed by atoms with van der Waals surface area (Å²) in [4.78, 5) is 10.7. The SMILES string of the molecule is O=C(O)c1ccc(NC2CCCS(=O)(=O)C2)c(F)c1F. The number of carbonyl (C=O) groups is 1. The van der Waals surface area contributed by atoms with Gasteiger partial charge in [-0.25, -0.2) is 22.0 Å². The Hall–Kier alpha value is -1.70. The molecule has 1 aromatic carbocycles. The second kappa shape index (κ2) is 5.35. The third kappa shape index (κ3) is 3.06. The zero-order valence-corrected chi connectivity index (χ0v) is 11.2. The topological polar surface area (TPSA) is 83.5 Å². The van der Waals surface area contributed by atoms with Crippen LogP contribution in [0.3, 0.4) is 0 Å². The van der Waals surface area contributed by atoms with Crippen molar-refractivity contribution in [2.24, 2.45) is 0 Å². The summed E-state index contributed by atoms with van der Waals surface area (Å²) < 4.78 is 50.1. The lowest BCUT2D eigenvalue weighted by Crippen LogP contribution is -2.35. The molecule has 20 heavy (non-hydrogen) atoms. The van der Waals surface area contributed by atoms with Gasteiger partial charge in [0.1, 0.15) is 0 Å². The summed E-state index contributed by atoms with van der Waals surface area (Å²) in [7, 11) is -3.17. The molecule has 1 aliphatic heterocycles. The van der Waals surface area contributed by atoms with Crippen molar-refractivity contribution in [3.8, 4) is 0 Å². The molecule has 0 aliphatic carbocycles. The van der Waals surface area contributed by atoms with Crippen LogP contribution >= 0.6 is 0 Å². The number of aromatic carboxylic acids is 1. The first kappa shape index (κ1) is 14.7. The summed E-state index contributed by atoms with van der Waals surface area (Å²) in [5, 5.41) is 11.3. The predicted octanol–water partition coefficient (Wildman–Crippen LogP) is 1.65. The third-order valence-corrected chi connectivity index (χ3v) is 4.96. The van der Waals surface area contributed by atoms with Gasteiger partial charge in [-0.3, -0.25) is 0 Å². The molecule has 0 radical (unpaired) electrons. The average Bonchev–Trinajstić information content (AvgIpc) is 2.33. The molecule has 0 saturated carbocycles. The number of carboxylic acid groups (broad SMARTS) is 1. The molecule has 0 bridgehead atoms. The zero-order valence-electron chi connectivity index (χ0n) is 10.4. The monoisotopic (exact) mass is 305 g/mol. The number of hydrogen-bond acceptors (Lipinski definition) is 4. The van der Waals surface area contributed by atoms with E-state index >= 15 is 0 Å². The Bertz CT molecular complexity index is 645. The van der Waals surface area contributed by atoms with E-state index in [1.807, 2.05) is 0 Å². The molecule has 1 fully saturated rings. The number of halogens is 2. The molecular formula is C12H13F2NO4S. The van der Waals surface area contributed by atoms with Crippen LogP contribution in [0.25, 0.3) is 0 Å². The molecule has 2 rings (SSSR count). The smallest absolute Gasteiger partial charge is 0.338 e. The van der Waals surface area contributed by atoms with E-state index in [9.17, 15) is 22.0 Å². The normalized spacial score (nSPS) is 21.4. The number of sulfone groups is 1. The van der Waals surface area contributed by atoms with E-state index in [-0.39, 0.29) is 17.2 Å². The largest absolute Gasteiger partial charge is 0.478 e. The maximum atomic E-state index is 13.7. The van der Waals surface area contributed by atoms with Crippen LogP contribution < -0.4 is 5.32 Å². The second-order valence-electron chi connectivity index (χ2n) is 4.69. The lowest BCUT2D eigenvalue weighted by molar-refractivity contribution is 0.0690. The summed E-state index contributed by atoms with van der Waals surface area (Å²) in [6.07, 6.45) is 0.984. The van der Waals surface area contributed by atoms with Crippen molar-refractivity contribution in [1.82, 2.24) is 0 Å². The van der Waals surface area contributed by atoms with Gasteiger partial charge >= 0.3 is 5.97 Å². The third-order valence-electron chi connectivity index (χ3n) is 3.14. The lowest BCUT2D eigenvalue weighted by Gasteiger charge is -2.24. The Labute approximate surface area is 114 Å². The summed E-state index contributed by atoms with van der Waals surface area (Å²) in [5.41, 5.74) is -0.987. The van der Waals surface area contributed by atoms with Gasteiger partial charge in [-0.05, 0) is 25.0 Å². The second-order valence-corrected chi connectivity index (χ2v) is 6.92. The summed E-state index contributed by atoms with van der Waals surface area (Å²) in [6.45, 7) is 0. The van der Waals surface area contributed by atoms with Crippen LogP contribution in [0.5, 0.6) is 0 Å². The molecule has 5 nitrogen and oxygen atoms in total. The highest BCUT2D eigenvalue weighted by Crippen LogP contribution is 2.24. The van der Waals surface area contributed by atoms with E-state index in [2.05, 4.69) is 5.32 Å². The fourth-order valence-corrected chi connectivity index (χ4v) is 3.82. The number of nitrogens with one attached hydrogen (secondary N) is 1. The van der Waals surface area contributed by atoms with Gasteiger partial charge in [-0.2, -0.15) is 0 Å². The first-order valence-corrected chi connectivity index (χ1v) is 7.80. The van der Waals surface area contributed by atoms with Crippen molar-refractivity contribution in [1.29, 1.82) is 0 Å². The standard InChI is InChI=1S/C12H13F2NO4S/c13-10-8(12(16)17)3-4-9(11(10)14)15-7-2-1-5-20(18,19)6-7/h3-4,7,15H,1-2,5-6H2,(H,16,17). The van der Waals surface area contributed by atoms with Gasteiger partial charge in [-0.15, -0.1) is 0 Å². The fourth-order valence-electron chi connectivity index (χ4n) is 2.18. The van der Waals surface area contributed by atoms with Crippen LogP contribution in [0.15, 0.2) is 12.1 Å². The van der Waals surface area contributed by atoms with Crippen LogP contribution in [-0.2, 0) is 9.84 Å². The summed E-state index contributed by atoms with van der Waals surface area (Å²) in [6, 6.07) is 1.54. The van der Waals surface area contributed by atoms with Crippen LogP contribution in [-0.4, -0.2) is 37.0 Å². The lowest BCUT2D eigenvalue weighted by atomic mass is 10.1. The molecule has 1 aromatic rings. The summed E-state index contributed by atoms with van der Waals surface area (Å²) >= 11 is 0. The van der Waals surface area contributed by atoms with Gasteiger partial charge < -0.3 is 10.4 Å². The molecule has 1 atom stereocenters. The van der Waals surface area contributed by atoms with E-state index < -0.39 is 39.0 Å². The first-order valence-electron chi connectivity index (χ1n) is 5.98. The highest BCUT2D eigenvalue weighted by atomic mass is 32.2. The predicted molar refractivity (Wildman–Crippen MR) is 68.6 cm³/mol. The zero-order chi connectivity index (χ0) is 14.9. The first-order chi connectivity index (χ1) is 9.30. The minimum absolute atomic E-state index is 0.0972. The molecule has 1 heterocycles. The Kier molecular flexibility index (Phi) is 3.94. The van der Waals surface area contributed by atoms with E-state index in [1.165, 1.54) is 0 Å². The highest BCUT2D eigenvalue weighted by Gasteiger charge is 2.26. The Morgan fingerprint density at radius 2 is 2.00 bits per heavy atom.